The molecule has 1 heterocycles. The van der Waals surface area contributed by atoms with E-state index in [-0.39, 0.29) is 24.6 Å². The van der Waals surface area contributed by atoms with E-state index in [0.717, 1.165) is 0 Å². The summed E-state index contributed by atoms with van der Waals surface area (Å²) in [6, 6.07) is 0. The number of amides is 2. The molecular weight excluding hydrogens is 158 g/mol. The van der Waals surface area contributed by atoms with Crippen LogP contribution in [0.2, 0.25) is 0 Å². The standard InChI is InChI=1S/C8H13NO3/c1-6(2)12-5-9-7(10)3-4-8(9)11/h6H,3-5H2,1-2H3. The average Bonchev–Trinajstić information content (AvgIpc) is 2.28. The third kappa shape index (κ3) is 2.04. The number of rotatable bonds is 3. The summed E-state index contributed by atoms with van der Waals surface area (Å²) in [5, 5.41) is 0. The molecule has 12 heavy (non-hydrogen) atoms. The second kappa shape index (κ2) is 3.67. The molecule has 0 aromatic carbocycles. The Bertz CT molecular complexity index is 184. The molecule has 0 aliphatic carbocycles. The minimum absolute atomic E-state index is 0.0474. The summed E-state index contributed by atoms with van der Waals surface area (Å²) in [5.41, 5.74) is 0. The Morgan fingerprint density at radius 3 is 2.25 bits per heavy atom. The van der Waals surface area contributed by atoms with Crippen LogP contribution in [0.3, 0.4) is 0 Å². The lowest BCUT2D eigenvalue weighted by molar-refractivity contribution is -0.145. The molecule has 1 fully saturated rings. The van der Waals surface area contributed by atoms with Crippen LogP contribution in [-0.2, 0) is 14.3 Å². The second-order valence-electron chi connectivity index (χ2n) is 3.06. The highest BCUT2D eigenvalue weighted by Crippen LogP contribution is 2.11. The number of hydrogen-bond acceptors (Lipinski definition) is 3. The van der Waals surface area contributed by atoms with Gasteiger partial charge in [-0.1, -0.05) is 0 Å². The Morgan fingerprint density at radius 2 is 1.83 bits per heavy atom. The molecule has 0 aromatic heterocycles. The number of carbonyl (C=O) groups is 2. The maximum absolute atomic E-state index is 11.0. The lowest BCUT2D eigenvalue weighted by Gasteiger charge is -2.15. The summed E-state index contributed by atoms with van der Waals surface area (Å²) >= 11 is 0. The van der Waals surface area contributed by atoms with Crippen LogP contribution in [0.25, 0.3) is 0 Å². The Hall–Kier alpha value is -0.900. The van der Waals surface area contributed by atoms with Crippen LogP contribution in [0.4, 0.5) is 0 Å². The zero-order valence-corrected chi connectivity index (χ0v) is 7.37. The molecule has 0 saturated carbocycles. The Balaban J connectivity index is 2.40. The van der Waals surface area contributed by atoms with E-state index in [9.17, 15) is 9.59 Å². The van der Waals surface area contributed by atoms with Gasteiger partial charge >= 0.3 is 0 Å². The minimum atomic E-state index is -0.124. The average molecular weight is 171 g/mol. The summed E-state index contributed by atoms with van der Waals surface area (Å²) in [7, 11) is 0. The van der Waals surface area contributed by atoms with Crippen LogP contribution >= 0.6 is 0 Å². The third-order valence-electron chi connectivity index (χ3n) is 1.69. The van der Waals surface area contributed by atoms with Gasteiger partial charge < -0.3 is 4.74 Å². The van der Waals surface area contributed by atoms with Crippen LogP contribution in [0.5, 0.6) is 0 Å². The molecule has 0 N–H and O–H groups in total. The van der Waals surface area contributed by atoms with Gasteiger partial charge in [-0.15, -0.1) is 0 Å². The first kappa shape index (κ1) is 9.19. The van der Waals surface area contributed by atoms with E-state index < -0.39 is 0 Å². The van der Waals surface area contributed by atoms with Crippen molar-refractivity contribution >= 4 is 11.8 Å². The lowest BCUT2D eigenvalue weighted by Crippen LogP contribution is -2.32. The SMILES string of the molecule is CC(C)OCN1C(=O)CCC1=O. The molecular formula is C8H13NO3. The largest absolute Gasteiger partial charge is 0.358 e. The van der Waals surface area contributed by atoms with E-state index in [1.165, 1.54) is 4.90 Å². The fourth-order valence-corrected chi connectivity index (χ4v) is 0.990. The van der Waals surface area contributed by atoms with E-state index in [2.05, 4.69) is 0 Å². The predicted molar refractivity (Wildman–Crippen MR) is 42.2 cm³/mol. The number of nitrogens with zero attached hydrogens (tertiary/aromatic N) is 1. The van der Waals surface area contributed by atoms with Gasteiger partial charge in [0.25, 0.3) is 0 Å². The summed E-state index contributed by atoms with van der Waals surface area (Å²) < 4.78 is 5.15. The van der Waals surface area contributed by atoms with E-state index in [4.69, 9.17) is 4.74 Å². The maximum atomic E-state index is 11.0. The molecule has 0 bridgehead atoms. The topological polar surface area (TPSA) is 46.6 Å². The van der Waals surface area contributed by atoms with E-state index >= 15 is 0 Å². The summed E-state index contributed by atoms with van der Waals surface area (Å²) in [5.74, 6) is -0.249. The molecule has 1 aliphatic heterocycles. The highest BCUT2D eigenvalue weighted by molar-refractivity contribution is 6.01. The highest BCUT2D eigenvalue weighted by atomic mass is 16.5. The van der Waals surface area contributed by atoms with Crippen LogP contribution < -0.4 is 0 Å². The van der Waals surface area contributed by atoms with E-state index in [0.29, 0.717) is 12.8 Å². The zero-order valence-electron chi connectivity index (χ0n) is 7.37. The molecule has 4 heteroatoms. The Kier molecular flexibility index (Phi) is 2.81. The maximum Gasteiger partial charge on any atom is 0.231 e. The first-order valence-corrected chi connectivity index (χ1v) is 4.06. The smallest absolute Gasteiger partial charge is 0.231 e. The molecule has 0 radical (unpaired) electrons. The fraction of sp³-hybridized carbons (Fsp3) is 0.750. The van der Waals surface area contributed by atoms with Crippen molar-refractivity contribution in [1.29, 1.82) is 0 Å². The van der Waals surface area contributed by atoms with Crippen molar-refractivity contribution in [1.82, 2.24) is 4.90 Å². The van der Waals surface area contributed by atoms with Crippen molar-refractivity contribution in [3.63, 3.8) is 0 Å². The highest BCUT2D eigenvalue weighted by Gasteiger charge is 2.28. The second-order valence-corrected chi connectivity index (χ2v) is 3.06. The van der Waals surface area contributed by atoms with Crippen molar-refractivity contribution < 1.29 is 14.3 Å². The number of likely N-dealkylation sites (tertiary alicyclic amines) is 1. The Morgan fingerprint density at radius 1 is 1.33 bits per heavy atom. The molecule has 4 nitrogen and oxygen atoms in total. The van der Waals surface area contributed by atoms with E-state index in [1.807, 2.05) is 13.8 Å². The zero-order chi connectivity index (χ0) is 9.14. The Labute approximate surface area is 71.5 Å². The van der Waals surface area contributed by atoms with Gasteiger partial charge in [-0.3, -0.25) is 14.5 Å². The van der Waals surface area contributed by atoms with Crippen LogP contribution in [0.1, 0.15) is 26.7 Å². The molecule has 1 aliphatic rings. The summed E-state index contributed by atoms with van der Waals surface area (Å²) in [4.78, 5) is 23.2. The van der Waals surface area contributed by atoms with E-state index in [1.54, 1.807) is 0 Å². The normalized spacial score (nSPS) is 18.1. The molecule has 0 atom stereocenters. The first-order chi connectivity index (χ1) is 5.61. The van der Waals surface area contributed by atoms with Crippen molar-refractivity contribution in [2.75, 3.05) is 6.73 Å². The van der Waals surface area contributed by atoms with Gasteiger partial charge in [0.1, 0.15) is 6.73 Å². The van der Waals surface area contributed by atoms with Gasteiger partial charge in [0, 0.05) is 12.8 Å². The molecule has 1 rings (SSSR count). The predicted octanol–water partition coefficient (Wildman–Crippen LogP) is 0.518. The van der Waals surface area contributed by atoms with Crippen LogP contribution in [0, 0.1) is 0 Å². The third-order valence-corrected chi connectivity index (χ3v) is 1.69. The van der Waals surface area contributed by atoms with Gasteiger partial charge in [-0.2, -0.15) is 0 Å². The number of carbonyl (C=O) groups excluding carboxylic acids is 2. The van der Waals surface area contributed by atoms with Crippen molar-refractivity contribution in [2.45, 2.75) is 32.8 Å². The van der Waals surface area contributed by atoms with Gasteiger partial charge in [0.05, 0.1) is 6.10 Å². The van der Waals surface area contributed by atoms with Crippen molar-refractivity contribution in [3.8, 4) is 0 Å². The molecule has 0 unspecified atom stereocenters. The fourth-order valence-electron chi connectivity index (χ4n) is 0.990. The minimum Gasteiger partial charge on any atom is -0.358 e. The number of hydrogen-bond donors (Lipinski definition) is 0. The van der Waals surface area contributed by atoms with Gasteiger partial charge in [0.15, 0.2) is 0 Å². The van der Waals surface area contributed by atoms with Gasteiger partial charge in [-0.25, -0.2) is 0 Å². The molecule has 0 aromatic rings. The quantitative estimate of drug-likeness (QED) is 0.581. The van der Waals surface area contributed by atoms with Crippen LogP contribution in [0.15, 0.2) is 0 Å². The first-order valence-electron chi connectivity index (χ1n) is 4.06. The molecule has 0 spiro atoms. The van der Waals surface area contributed by atoms with Gasteiger partial charge in [0.2, 0.25) is 11.8 Å². The molecule has 1 saturated heterocycles. The molecule has 68 valence electrons. The van der Waals surface area contributed by atoms with Crippen LogP contribution in [-0.4, -0.2) is 29.5 Å². The molecule has 2 amide bonds. The number of ether oxygens (including phenoxy) is 1. The van der Waals surface area contributed by atoms with Gasteiger partial charge in [-0.05, 0) is 13.8 Å². The van der Waals surface area contributed by atoms with Crippen molar-refractivity contribution in [3.05, 3.63) is 0 Å². The summed E-state index contributed by atoms with van der Waals surface area (Å²) in [6.07, 6.45) is 0.715. The lowest BCUT2D eigenvalue weighted by atomic mass is 10.4. The summed E-state index contributed by atoms with van der Waals surface area (Å²) in [6.45, 7) is 3.84. The monoisotopic (exact) mass is 171 g/mol. The van der Waals surface area contributed by atoms with Crippen molar-refractivity contribution in [2.24, 2.45) is 0 Å². The number of imide groups is 1.